The molecule has 1 rings (SSSR count). The number of alkyl halides is 1. The van der Waals surface area contributed by atoms with Crippen LogP contribution in [0.4, 0.5) is 0 Å². The van der Waals surface area contributed by atoms with Crippen LogP contribution in [-0.2, 0) is 4.79 Å². The number of amides is 1. The molecule has 1 saturated heterocycles. The first-order valence-corrected chi connectivity index (χ1v) is 5.59. The molecule has 1 aliphatic heterocycles. The third kappa shape index (κ3) is 3.14. The summed E-state index contributed by atoms with van der Waals surface area (Å²) in [6, 6.07) is 0.842. The summed E-state index contributed by atoms with van der Waals surface area (Å²) in [5.41, 5.74) is 0. The summed E-state index contributed by atoms with van der Waals surface area (Å²) in [5.74, 6) is -0.0478. The normalized spacial score (nSPS) is 31.1. The van der Waals surface area contributed by atoms with Crippen LogP contribution in [0.25, 0.3) is 0 Å². The van der Waals surface area contributed by atoms with E-state index in [9.17, 15) is 4.79 Å². The zero-order valence-electron chi connectivity index (χ0n) is 9.09. The molecule has 1 amide bonds. The van der Waals surface area contributed by atoms with Crippen LogP contribution in [0.1, 0.15) is 26.7 Å². The van der Waals surface area contributed by atoms with E-state index < -0.39 is 5.38 Å². The van der Waals surface area contributed by atoms with Crippen molar-refractivity contribution in [3.8, 4) is 0 Å². The fourth-order valence-electron chi connectivity index (χ4n) is 1.74. The van der Waals surface area contributed by atoms with Gasteiger partial charge < -0.3 is 10.2 Å². The molecule has 0 spiro atoms. The number of hydrogen-bond acceptors (Lipinski definition) is 2. The molecule has 3 nitrogen and oxygen atoms in total. The number of piperidine rings is 1. The Morgan fingerprint density at radius 2 is 2.29 bits per heavy atom. The van der Waals surface area contributed by atoms with Crippen molar-refractivity contribution in [1.82, 2.24) is 10.2 Å². The van der Waals surface area contributed by atoms with Crippen molar-refractivity contribution < 1.29 is 4.79 Å². The molecule has 1 aliphatic rings. The second kappa shape index (κ2) is 4.99. The average Bonchev–Trinajstić information content (AvgIpc) is 2.11. The average molecular weight is 219 g/mol. The highest BCUT2D eigenvalue weighted by Gasteiger charge is 2.24. The van der Waals surface area contributed by atoms with Crippen molar-refractivity contribution in [2.24, 2.45) is 0 Å². The van der Waals surface area contributed by atoms with E-state index >= 15 is 0 Å². The SMILES string of the molecule is CC(Cl)C(=O)NC1CCN(C)C(C)C1. The van der Waals surface area contributed by atoms with Gasteiger partial charge >= 0.3 is 0 Å². The Hall–Kier alpha value is -0.280. The lowest BCUT2D eigenvalue weighted by atomic mass is 9.99. The Morgan fingerprint density at radius 3 is 2.79 bits per heavy atom. The lowest BCUT2D eigenvalue weighted by molar-refractivity contribution is -0.121. The Balaban J connectivity index is 2.37. The first kappa shape index (κ1) is 11.8. The van der Waals surface area contributed by atoms with Gasteiger partial charge in [-0.25, -0.2) is 0 Å². The van der Waals surface area contributed by atoms with Crippen LogP contribution in [-0.4, -0.2) is 41.9 Å². The highest BCUT2D eigenvalue weighted by molar-refractivity contribution is 6.30. The van der Waals surface area contributed by atoms with E-state index in [0.717, 1.165) is 19.4 Å². The predicted octanol–water partition coefficient (Wildman–Crippen LogP) is 1.21. The minimum atomic E-state index is -0.426. The maximum absolute atomic E-state index is 11.3. The second-order valence-corrected chi connectivity index (χ2v) is 4.83. The summed E-state index contributed by atoms with van der Waals surface area (Å²) >= 11 is 5.69. The molecule has 0 radical (unpaired) electrons. The van der Waals surface area contributed by atoms with E-state index in [4.69, 9.17) is 11.6 Å². The van der Waals surface area contributed by atoms with Crippen molar-refractivity contribution >= 4 is 17.5 Å². The Morgan fingerprint density at radius 1 is 1.64 bits per heavy atom. The summed E-state index contributed by atoms with van der Waals surface area (Å²) in [7, 11) is 2.12. The molecular weight excluding hydrogens is 200 g/mol. The van der Waals surface area contributed by atoms with Crippen LogP contribution < -0.4 is 5.32 Å². The summed E-state index contributed by atoms with van der Waals surface area (Å²) in [6.45, 7) is 4.93. The molecule has 0 saturated carbocycles. The summed E-state index contributed by atoms with van der Waals surface area (Å²) in [6.07, 6.45) is 2.04. The van der Waals surface area contributed by atoms with E-state index in [2.05, 4.69) is 24.2 Å². The highest BCUT2D eigenvalue weighted by Crippen LogP contribution is 2.15. The zero-order valence-corrected chi connectivity index (χ0v) is 9.84. The van der Waals surface area contributed by atoms with Gasteiger partial charge in [0.05, 0.1) is 0 Å². The van der Waals surface area contributed by atoms with Gasteiger partial charge in [0.15, 0.2) is 0 Å². The lowest BCUT2D eigenvalue weighted by Gasteiger charge is -2.35. The third-order valence-corrected chi connectivity index (χ3v) is 3.11. The van der Waals surface area contributed by atoms with Crippen molar-refractivity contribution in [3.05, 3.63) is 0 Å². The topological polar surface area (TPSA) is 32.3 Å². The van der Waals surface area contributed by atoms with Gasteiger partial charge in [-0.15, -0.1) is 11.6 Å². The van der Waals surface area contributed by atoms with Gasteiger partial charge in [-0.2, -0.15) is 0 Å². The van der Waals surface area contributed by atoms with Crippen molar-refractivity contribution in [2.75, 3.05) is 13.6 Å². The zero-order chi connectivity index (χ0) is 10.7. The summed E-state index contributed by atoms with van der Waals surface area (Å²) in [5, 5.41) is 2.55. The molecule has 4 heteroatoms. The number of carbonyl (C=O) groups is 1. The van der Waals surface area contributed by atoms with E-state index in [1.54, 1.807) is 6.92 Å². The van der Waals surface area contributed by atoms with E-state index in [1.165, 1.54) is 0 Å². The summed E-state index contributed by atoms with van der Waals surface area (Å²) in [4.78, 5) is 13.7. The van der Waals surface area contributed by atoms with Gasteiger partial charge in [-0.05, 0) is 33.7 Å². The minimum Gasteiger partial charge on any atom is -0.352 e. The standard InChI is InChI=1S/C10H19ClN2O/c1-7-6-9(4-5-13(7)3)12-10(14)8(2)11/h7-9H,4-6H2,1-3H3,(H,12,14). The third-order valence-electron chi connectivity index (χ3n) is 2.92. The molecule has 1 heterocycles. The molecule has 0 aromatic heterocycles. The molecule has 0 bridgehead atoms. The minimum absolute atomic E-state index is 0.0478. The molecule has 3 unspecified atom stereocenters. The summed E-state index contributed by atoms with van der Waals surface area (Å²) < 4.78 is 0. The predicted molar refractivity (Wildman–Crippen MR) is 58.6 cm³/mol. The maximum Gasteiger partial charge on any atom is 0.237 e. The van der Waals surface area contributed by atoms with E-state index in [1.807, 2.05) is 0 Å². The molecular formula is C10H19ClN2O. The fraction of sp³-hybridized carbons (Fsp3) is 0.900. The number of halogens is 1. The number of likely N-dealkylation sites (tertiary alicyclic amines) is 1. The number of nitrogens with one attached hydrogen (secondary N) is 1. The Bertz CT molecular complexity index is 208. The van der Waals surface area contributed by atoms with Gasteiger partial charge in [-0.3, -0.25) is 4.79 Å². The number of hydrogen-bond donors (Lipinski definition) is 1. The molecule has 1 N–H and O–H groups in total. The Kier molecular flexibility index (Phi) is 4.20. The second-order valence-electron chi connectivity index (χ2n) is 4.18. The molecule has 14 heavy (non-hydrogen) atoms. The highest BCUT2D eigenvalue weighted by atomic mass is 35.5. The van der Waals surface area contributed by atoms with Gasteiger partial charge in [0.25, 0.3) is 0 Å². The van der Waals surface area contributed by atoms with Crippen LogP contribution in [0.15, 0.2) is 0 Å². The number of nitrogens with zero attached hydrogens (tertiary/aromatic N) is 1. The van der Waals surface area contributed by atoms with Gasteiger partial charge in [0.2, 0.25) is 5.91 Å². The van der Waals surface area contributed by atoms with Crippen LogP contribution >= 0.6 is 11.6 Å². The van der Waals surface area contributed by atoms with E-state index in [-0.39, 0.29) is 5.91 Å². The fourth-order valence-corrected chi connectivity index (χ4v) is 1.80. The first-order chi connectivity index (χ1) is 6.50. The van der Waals surface area contributed by atoms with Crippen LogP contribution in [0.5, 0.6) is 0 Å². The monoisotopic (exact) mass is 218 g/mol. The van der Waals surface area contributed by atoms with Gasteiger partial charge in [0.1, 0.15) is 5.38 Å². The van der Waals surface area contributed by atoms with Crippen molar-refractivity contribution in [3.63, 3.8) is 0 Å². The molecule has 0 aromatic carbocycles. The molecule has 82 valence electrons. The van der Waals surface area contributed by atoms with Crippen LogP contribution in [0, 0.1) is 0 Å². The van der Waals surface area contributed by atoms with Gasteiger partial charge in [-0.1, -0.05) is 0 Å². The Labute approximate surface area is 90.8 Å². The number of carbonyl (C=O) groups excluding carboxylic acids is 1. The van der Waals surface area contributed by atoms with Crippen molar-refractivity contribution in [1.29, 1.82) is 0 Å². The molecule has 1 fully saturated rings. The molecule has 0 aliphatic carbocycles. The number of rotatable bonds is 2. The van der Waals surface area contributed by atoms with E-state index in [0.29, 0.717) is 12.1 Å². The molecule has 0 aromatic rings. The van der Waals surface area contributed by atoms with Crippen molar-refractivity contribution in [2.45, 2.75) is 44.1 Å². The quantitative estimate of drug-likeness (QED) is 0.707. The van der Waals surface area contributed by atoms with Gasteiger partial charge in [0, 0.05) is 18.6 Å². The largest absolute Gasteiger partial charge is 0.352 e. The first-order valence-electron chi connectivity index (χ1n) is 5.15. The van der Waals surface area contributed by atoms with Crippen LogP contribution in [0.2, 0.25) is 0 Å². The molecule has 3 atom stereocenters. The smallest absolute Gasteiger partial charge is 0.237 e. The van der Waals surface area contributed by atoms with Crippen LogP contribution in [0.3, 0.4) is 0 Å². The maximum atomic E-state index is 11.3. The lowest BCUT2D eigenvalue weighted by Crippen LogP contribution is -2.48.